The van der Waals surface area contributed by atoms with Crippen LogP contribution in [0, 0.1) is 17.6 Å². The lowest BCUT2D eigenvalue weighted by molar-refractivity contribution is -0.142. The zero-order chi connectivity index (χ0) is 14.6. The zero-order valence-electron chi connectivity index (χ0n) is 10.7. The van der Waals surface area contributed by atoms with Crippen LogP contribution in [0.15, 0.2) is 18.2 Å². The number of benzene rings is 1. The van der Waals surface area contributed by atoms with Gasteiger partial charge in [0.05, 0.1) is 12.3 Å². The molecule has 1 aromatic rings. The van der Waals surface area contributed by atoms with Gasteiger partial charge in [0.2, 0.25) is 5.91 Å². The number of amides is 1. The van der Waals surface area contributed by atoms with Crippen LogP contribution in [0.25, 0.3) is 0 Å². The Balaban J connectivity index is 2.69. The standard InChI is InChI=1S/C13H15F2NO3/c1-8(13(18)19)7-16(2)11(17)6-9-4-3-5-10(14)12(9)15/h3-5,8H,6-7H2,1-2H3,(H,18,19). The summed E-state index contributed by atoms with van der Waals surface area (Å²) in [7, 11) is 1.43. The van der Waals surface area contributed by atoms with Crippen molar-refractivity contribution in [1.82, 2.24) is 4.90 Å². The molecule has 0 heterocycles. The SMILES string of the molecule is CC(CN(C)C(=O)Cc1cccc(F)c1F)C(=O)O. The average molecular weight is 271 g/mol. The fourth-order valence-corrected chi connectivity index (χ4v) is 1.57. The van der Waals surface area contributed by atoms with E-state index in [1.807, 2.05) is 0 Å². The highest BCUT2D eigenvalue weighted by Crippen LogP contribution is 2.13. The van der Waals surface area contributed by atoms with Crippen molar-refractivity contribution in [1.29, 1.82) is 0 Å². The Morgan fingerprint density at radius 2 is 2.00 bits per heavy atom. The molecule has 0 fully saturated rings. The zero-order valence-corrected chi connectivity index (χ0v) is 10.7. The van der Waals surface area contributed by atoms with Gasteiger partial charge in [-0.05, 0) is 6.07 Å². The molecule has 0 bridgehead atoms. The van der Waals surface area contributed by atoms with Crippen molar-refractivity contribution in [3.63, 3.8) is 0 Å². The second-order valence-electron chi connectivity index (χ2n) is 4.40. The van der Waals surface area contributed by atoms with E-state index in [9.17, 15) is 18.4 Å². The number of nitrogens with zero attached hydrogens (tertiary/aromatic N) is 1. The van der Waals surface area contributed by atoms with Gasteiger partial charge >= 0.3 is 5.97 Å². The molecule has 1 atom stereocenters. The number of carbonyl (C=O) groups is 2. The molecule has 6 heteroatoms. The van der Waals surface area contributed by atoms with Crippen LogP contribution in [-0.2, 0) is 16.0 Å². The molecule has 0 saturated carbocycles. The van der Waals surface area contributed by atoms with Crippen molar-refractivity contribution in [2.24, 2.45) is 5.92 Å². The number of rotatable bonds is 5. The van der Waals surface area contributed by atoms with Crippen molar-refractivity contribution in [2.45, 2.75) is 13.3 Å². The summed E-state index contributed by atoms with van der Waals surface area (Å²) in [6.45, 7) is 1.49. The van der Waals surface area contributed by atoms with Crippen molar-refractivity contribution < 1.29 is 23.5 Å². The summed E-state index contributed by atoms with van der Waals surface area (Å²) in [5, 5.41) is 8.74. The number of carboxylic acids is 1. The van der Waals surface area contributed by atoms with E-state index in [2.05, 4.69) is 0 Å². The first kappa shape index (κ1) is 15.1. The van der Waals surface area contributed by atoms with Gasteiger partial charge in [-0.1, -0.05) is 19.1 Å². The Labute approximate surface area is 109 Å². The maximum atomic E-state index is 13.4. The minimum atomic E-state index is -1.05. The Kier molecular flexibility index (Phi) is 4.97. The molecule has 0 aliphatic heterocycles. The molecule has 0 radical (unpaired) electrons. The van der Waals surface area contributed by atoms with Crippen molar-refractivity contribution in [3.8, 4) is 0 Å². The Hall–Kier alpha value is -1.98. The van der Waals surface area contributed by atoms with Gasteiger partial charge in [0, 0.05) is 19.2 Å². The molecule has 19 heavy (non-hydrogen) atoms. The molecule has 1 amide bonds. The van der Waals surface area contributed by atoms with Crippen LogP contribution >= 0.6 is 0 Å². The lowest BCUT2D eigenvalue weighted by Crippen LogP contribution is -2.34. The summed E-state index contributed by atoms with van der Waals surface area (Å²) in [6, 6.07) is 3.62. The molecule has 1 aromatic carbocycles. The fourth-order valence-electron chi connectivity index (χ4n) is 1.57. The number of aliphatic carboxylic acids is 1. The highest BCUT2D eigenvalue weighted by molar-refractivity contribution is 5.79. The second-order valence-corrected chi connectivity index (χ2v) is 4.40. The van der Waals surface area contributed by atoms with Gasteiger partial charge in [-0.25, -0.2) is 8.78 Å². The first-order chi connectivity index (χ1) is 8.82. The molecule has 1 rings (SSSR count). The molecular weight excluding hydrogens is 256 g/mol. The maximum Gasteiger partial charge on any atom is 0.308 e. The van der Waals surface area contributed by atoms with Gasteiger partial charge in [0.15, 0.2) is 11.6 Å². The van der Waals surface area contributed by atoms with E-state index in [0.717, 1.165) is 6.07 Å². The predicted octanol–water partition coefficient (Wildman–Crippen LogP) is 1.69. The second kappa shape index (κ2) is 6.26. The van der Waals surface area contributed by atoms with Gasteiger partial charge in [-0.15, -0.1) is 0 Å². The van der Waals surface area contributed by atoms with Gasteiger partial charge in [-0.2, -0.15) is 0 Å². The number of hydrogen-bond acceptors (Lipinski definition) is 2. The van der Waals surface area contributed by atoms with E-state index in [1.54, 1.807) is 0 Å². The first-order valence-corrected chi connectivity index (χ1v) is 5.72. The highest BCUT2D eigenvalue weighted by atomic mass is 19.2. The molecule has 0 aliphatic rings. The average Bonchev–Trinajstić information content (AvgIpc) is 2.34. The molecule has 4 nitrogen and oxygen atoms in total. The number of carbonyl (C=O) groups excluding carboxylic acids is 1. The number of halogens is 2. The first-order valence-electron chi connectivity index (χ1n) is 5.72. The van der Waals surface area contributed by atoms with Gasteiger partial charge in [0.25, 0.3) is 0 Å². The molecule has 0 spiro atoms. The topological polar surface area (TPSA) is 57.6 Å². The lowest BCUT2D eigenvalue weighted by atomic mass is 10.1. The normalized spacial score (nSPS) is 12.0. The Morgan fingerprint density at radius 1 is 1.37 bits per heavy atom. The minimum Gasteiger partial charge on any atom is -0.481 e. The van der Waals surface area contributed by atoms with E-state index < -0.39 is 29.4 Å². The summed E-state index contributed by atoms with van der Waals surface area (Å²) < 4.78 is 26.3. The maximum absolute atomic E-state index is 13.4. The van der Waals surface area contributed by atoms with E-state index in [-0.39, 0.29) is 18.5 Å². The van der Waals surface area contributed by atoms with Crippen molar-refractivity contribution in [3.05, 3.63) is 35.4 Å². The minimum absolute atomic E-state index is 0.0189. The van der Waals surface area contributed by atoms with Crippen LogP contribution in [0.2, 0.25) is 0 Å². The lowest BCUT2D eigenvalue weighted by Gasteiger charge is -2.19. The van der Waals surface area contributed by atoms with Crippen LogP contribution in [0.1, 0.15) is 12.5 Å². The monoisotopic (exact) mass is 271 g/mol. The number of likely N-dealkylation sites (N-methyl/N-ethyl adjacent to an activating group) is 1. The van der Waals surface area contributed by atoms with Crippen LogP contribution < -0.4 is 0 Å². The molecule has 0 saturated heterocycles. The predicted molar refractivity (Wildman–Crippen MR) is 64.5 cm³/mol. The van der Waals surface area contributed by atoms with E-state index in [1.165, 1.54) is 31.0 Å². The third-order valence-electron chi connectivity index (χ3n) is 2.77. The summed E-state index contributed by atoms with van der Waals surface area (Å²) >= 11 is 0. The van der Waals surface area contributed by atoms with Gasteiger partial charge in [0.1, 0.15) is 0 Å². The summed E-state index contributed by atoms with van der Waals surface area (Å²) in [6.07, 6.45) is -0.299. The third-order valence-corrected chi connectivity index (χ3v) is 2.77. The van der Waals surface area contributed by atoms with Gasteiger partial charge < -0.3 is 10.0 Å². The Bertz CT molecular complexity index is 491. The Morgan fingerprint density at radius 3 is 2.58 bits per heavy atom. The molecule has 1 N–H and O–H groups in total. The summed E-state index contributed by atoms with van der Waals surface area (Å²) in [5.41, 5.74) is -0.0418. The number of carboxylic acid groups (broad SMARTS) is 1. The van der Waals surface area contributed by atoms with Crippen LogP contribution in [0.3, 0.4) is 0 Å². The van der Waals surface area contributed by atoms with E-state index >= 15 is 0 Å². The van der Waals surface area contributed by atoms with Crippen LogP contribution in [0.4, 0.5) is 8.78 Å². The molecule has 104 valence electrons. The van der Waals surface area contributed by atoms with Crippen LogP contribution in [0.5, 0.6) is 0 Å². The third kappa shape index (κ3) is 4.01. The van der Waals surface area contributed by atoms with E-state index in [4.69, 9.17) is 5.11 Å². The summed E-state index contributed by atoms with van der Waals surface area (Å²) in [4.78, 5) is 23.6. The summed E-state index contributed by atoms with van der Waals surface area (Å²) in [5.74, 6) is -4.25. The molecule has 1 unspecified atom stereocenters. The number of hydrogen-bond donors (Lipinski definition) is 1. The van der Waals surface area contributed by atoms with E-state index in [0.29, 0.717) is 0 Å². The molecule has 0 aliphatic carbocycles. The quantitative estimate of drug-likeness (QED) is 0.886. The largest absolute Gasteiger partial charge is 0.481 e. The highest BCUT2D eigenvalue weighted by Gasteiger charge is 2.19. The van der Waals surface area contributed by atoms with Gasteiger partial charge in [-0.3, -0.25) is 9.59 Å². The fraction of sp³-hybridized carbons (Fsp3) is 0.385. The molecular formula is C13H15F2NO3. The molecule has 0 aromatic heterocycles. The van der Waals surface area contributed by atoms with Crippen LogP contribution in [-0.4, -0.2) is 35.5 Å². The van der Waals surface area contributed by atoms with Crippen molar-refractivity contribution >= 4 is 11.9 Å². The van der Waals surface area contributed by atoms with Crippen molar-refractivity contribution in [2.75, 3.05) is 13.6 Å². The smallest absolute Gasteiger partial charge is 0.308 e.